The van der Waals surface area contributed by atoms with E-state index in [1.165, 1.54) is 24.6 Å². The van der Waals surface area contributed by atoms with E-state index in [2.05, 4.69) is 10.6 Å². The molecule has 25 heavy (non-hydrogen) atoms. The first-order chi connectivity index (χ1) is 12.1. The van der Waals surface area contributed by atoms with Crippen LogP contribution in [0.4, 0.5) is 5.00 Å². The number of furan rings is 1. The molecule has 0 aromatic carbocycles. The maximum atomic E-state index is 12.3. The highest BCUT2D eigenvalue weighted by atomic mass is 32.1. The predicted molar refractivity (Wildman–Crippen MR) is 92.3 cm³/mol. The number of thiophene rings is 1. The standard InChI is InChI=1S/C16H19N3O5S/c1-3-23-16(22)14-10(11-5-4-6-24-11)9-25-15(14)19-13(21)8-18-7-12(20)17-2/h4-6,9,18H,3,7-8H2,1-2H3,(H,17,20)(H,19,21)/p+1. The van der Waals surface area contributed by atoms with Crippen LogP contribution in [0, 0.1) is 0 Å². The van der Waals surface area contributed by atoms with Crippen molar-refractivity contribution in [2.24, 2.45) is 0 Å². The van der Waals surface area contributed by atoms with Crippen molar-refractivity contribution in [1.82, 2.24) is 5.32 Å². The summed E-state index contributed by atoms with van der Waals surface area (Å²) in [6.45, 7) is 2.14. The Labute approximate surface area is 148 Å². The molecule has 2 heterocycles. The molecule has 0 saturated carbocycles. The molecule has 2 amide bonds. The molecule has 0 saturated heterocycles. The maximum absolute atomic E-state index is 12.3. The van der Waals surface area contributed by atoms with E-state index in [4.69, 9.17) is 9.15 Å². The number of esters is 1. The number of nitrogens with two attached hydrogens (primary N) is 1. The first kappa shape index (κ1) is 18.7. The summed E-state index contributed by atoms with van der Waals surface area (Å²) in [5.41, 5.74) is 0.833. The number of likely N-dealkylation sites (N-methyl/N-ethyl adjacent to an activating group) is 1. The van der Waals surface area contributed by atoms with Gasteiger partial charge in [0.25, 0.3) is 11.8 Å². The Bertz CT molecular complexity index is 739. The number of carbonyl (C=O) groups excluding carboxylic acids is 3. The zero-order chi connectivity index (χ0) is 18.2. The van der Waals surface area contributed by atoms with Gasteiger partial charge in [0.2, 0.25) is 0 Å². The Morgan fingerprint density at radius 3 is 2.68 bits per heavy atom. The second-order valence-electron chi connectivity index (χ2n) is 4.97. The molecule has 8 nitrogen and oxygen atoms in total. The molecule has 9 heteroatoms. The summed E-state index contributed by atoms with van der Waals surface area (Å²) >= 11 is 1.22. The average Bonchev–Trinajstić information content (AvgIpc) is 3.24. The van der Waals surface area contributed by atoms with Gasteiger partial charge < -0.3 is 25.1 Å². The van der Waals surface area contributed by atoms with Crippen molar-refractivity contribution in [1.29, 1.82) is 0 Å². The van der Waals surface area contributed by atoms with E-state index >= 15 is 0 Å². The van der Waals surface area contributed by atoms with Gasteiger partial charge in [-0.15, -0.1) is 11.3 Å². The van der Waals surface area contributed by atoms with Crippen LogP contribution in [0.2, 0.25) is 0 Å². The molecular formula is C16H20N3O5S+. The van der Waals surface area contributed by atoms with Crippen molar-refractivity contribution in [3.8, 4) is 11.3 Å². The molecule has 0 fully saturated rings. The number of ether oxygens (including phenoxy) is 1. The lowest BCUT2D eigenvalue weighted by atomic mass is 10.1. The highest BCUT2D eigenvalue weighted by Crippen LogP contribution is 2.36. The minimum Gasteiger partial charge on any atom is -0.464 e. The van der Waals surface area contributed by atoms with Crippen LogP contribution >= 0.6 is 11.3 Å². The highest BCUT2D eigenvalue weighted by Gasteiger charge is 2.24. The molecule has 2 rings (SSSR count). The Kier molecular flexibility index (Phi) is 6.72. The summed E-state index contributed by atoms with van der Waals surface area (Å²) in [4.78, 5) is 35.5. The summed E-state index contributed by atoms with van der Waals surface area (Å²) in [6.07, 6.45) is 1.51. The Hall–Kier alpha value is -2.65. The Morgan fingerprint density at radius 1 is 1.28 bits per heavy atom. The second-order valence-corrected chi connectivity index (χ2v) is 5.85. The SMILES string of the molecule is CCOC(=O)c1c(-c2ccco2)csc1NC(=O)C[NH2+]CC(=O)NC. The van der Waals surface area contributed by atoms with Crippen LogP contribution in [0.15, 0.2) is 28.2 Å². The normalized spacial score (nSPS) is 10.3. The van der Waals surface area contributed by atoms with Crippen molar-refractivity contribution < 1.29 is 28.9 Å². The smallest absolute Gasteiger partial charge is 0.341 e. The molecule has 0 spiro atoms. The lowest BCUT2D eigenvalue weighted by Crippen LogP contribution is -2.88. The number of rotatable bonds is 8. The molecule has 134 valence electrons. The van der Waals surface area contributed by atoms with Gasteiger partial charge in [-0.2, -0.15) is 0 Å². The van der Waals surface area contributed by atoms with Crippen LogP contribution < -0.4 is 16.0 Å². The van der Waals surface area contributed by atoms with Crippen LogP contribution in [0.25, 0.3) is 11.3 Å². The summed E-state index contributed by atoms with van der Waals surface area (Å²) in [5.74, 6) is -0.496. The van der Waals surface area contributed by atoms with Gasteiger partial charge in [-0.1, -0.05) is 0 Å². The van der Waals surface area contributed by atoms with Crippen LogP contribution in [-0.2, 0) is 14.3 Å². The van der Waals surface area contributed by atoms with Gasteiger partial charge in [0.1, 0.15) is 16.3 Å². The molecular weight excluding hydrogens is 346 g/mol. The van der Waals surface area contributed by atoms with Gasteiger partial charge >= 0.3 is 5.97 Å². The molecule has 2 aromatic heterocycles. The van der Waals surface area contributed by atoms with E-state index in [1.807, 2.05) is 0 Å². The fraction of sp³-hybridized carbons (Fsp3) is 0.312. The molecule has 0 aliphatic heterocycles. The van der Waals surface area contributed by atoms with Crippen molar-refractivity contribution in [2.45, 2.75) is 6.92 Å². The number of hydrogen-bond donors (Lipinski definition) is 3. The van der Waals surface area contributed by atoms with Gasteiger partial charge in [-0.05, 0) is 19.1 Å². The third-order valence-electron chi connectivity index (χ3n) is 3.25. The molecule has 0 aliphatic rings. The lowest BCUT2D eigenvalue weighted by Gasteiger charge is -2.07. The average molecular weight is 366 g/mol. The minimum absolute atomic E-state index is 0.0592. The third kappa shape index (κ3) is 4.91. The number of amides is 2. The zero-order valence-electron chi connectivity index (χ0n) is 14.0. The molecule has 0 radical (unpaired) electrons. The summed E-state index contributed by atoms with van der Waals surface area (Å²) in [6, 6.07) is 3.45. The minimum atomic E-state index is -0.528. The van der Waals surface area contributed by atoms with Crippen molar-refractivity contribution in [2.75, 3.05) is 32.1 Å². The van der Waals surface area contributed by atoms with Crippen molar-refractivity contribution >= 4 is 34.1 Å². The highest BCUT2D eigenvalue weighted by molar-refractivity contribution is 7.15. The number of nitrogens with one attached hydrogen (secondary N) is 2. The molecule has 0 aliphatic carbocycles. The third-order valence-corrected chi connectivity index (χ3v) is 4.14. The van der Waals surface area contributed by atoms with Crippen molar-refractivity contribution in [3.05, 3.63) is 29.3 Å². The van der Waals surface area contributed by atoms with Gasteiger partial charge in [0, 0.05) is 18.0 Å². The van der Waals surface area contributed by atoms with Gasteiger partial charge in [0.15, 0.2) is 13.1 Å². The van der Waals surface area contributed by atoms with Gasteiger partial charge in [-0.3, -0.25) is 9.59 Å². The fourth-order valence-corrected chi connectivity index (χ4v) is 3.04. The van der Waals surface area contributed by atoms with Crippen LogP contribution in [0.1, 0.15) is 17.3 Å². The van der Waals surface area contributed by atoms with E-state index in [9.17, 15) is 14.4 Å². The van der Waals surface area contributed by atoms with E-state index in [0.717, 1.165) is 0 Å². The van der Waals surface area contributed by atoms with E-state index in [1.54, 1.807) is 29.8 Å². The summed E-state index contributed by atoms with van der Waals surface area (Å²) in [7, 11) is 1.53. The number of hydrogen-bond acceptors (Lipinski definition) is 6. The first-order valence-electron chi connectivity index (χ1n) is 7.71. The number of quaternary nitrogens is 1. The quantitative estimate of drug-likeness (QED) is 0.586. The zero-order valence-corrected chi connectivity index (χ0v) is 14.8. The predicted octanol–water partition coefficient (Wildman–Crippen LogP) is 0.433. The maximum Gasteiger partial charge on any atom is 0.341 e. The summed E-state index contributed by atoms with van der Waals surface area (Å²) in [5, 5.41) is 8.86. The topological polar surface area (TPSA) is 114 Å². The molecule has 0 bridgehead atoms. The Morgan fingerprint density at radius 2 is 2.04 bits per heavy atom. The summed E-state index contributed by atoms with van der Waals surface area (Å²) < 4.78 is 10.4. The monoisotopic (exact) mass is 366 g/mol. The molecule has 0 unspecified atom stereocenters. The van der Waals surface area contributed by atoms with Crippen LogP contribution in [0.3, 0.4) is 0 Å². The largest absolute Gasteiger partial charge is 0.464 e. The number of carbonyl (C=O) groups is 3. The van der Waals surface area contributed by atoms with Crippen LogP contribution in [0.5, 0.6) is 0 Å². The lowest BCUT2D eigenvalue weighted by molar-refractivity contribution is -0.632. The van der Waals surface area contributed by atoms with Crippen molar-refractivity contribution in [3.63, 3.8) is 0 Å². The van der Waals surface area contributed by atoms with Crippen LogP contribution in [-0.4, -0.2) is 44.5 Å². The van der Waals surface area contributed by atoms with Gasteiger partial charge in [-0.25, -0.2) is 4.79 Å². The second kappa shape index (κ2) is 9.00. The van der Waals surface area contributed by atoms with E-state index in [-0.39, 0.29) is 37.1 Å². The molecule has 0 atom stereocenters. The Balaban J connectivity index is 2.13. The molecule has 2 aromatic rings. The molecule has 4 N–H and O–H groups in total. The fourth-order valence-electron chi connectivity index (χ4n) is 2.08. The van der Waals surface area contributed by atoms with E-state index < -0.39 is 5.97 Å². The van der Waals surface area contributed by atoms with Gasteiger partial charge in [0.05, 0.1) is 12.9 Å². The first-order valence-corrected chi connectivity index (χ1v) is 8.59. The van der Waals surface area contributed by atoms with E-state index in [0.29, 0.717) is 16.3 Å². The number of anilines is 1.